The van der Waals surface area contributed by atoms with E-state index in [4.69, 9.17) is 5.73 Å². The maximum Gasteiger partial charge on any atom is 0.220 e. The first-order valence-electron chi connectivity index (χ1n) is 7.22. The lowest BCUT2D eigenvalue weighted by molar-refractivity contribution is -0.121. The second kappa shape index (κ2) is 8.17. The van der Waals surface area contributed by atoms with Gasteiger partial charge in [0.05, 0.1) is 0 Å². The first-order valence-corrected chi connectivity index (χ1v) is 7.22. The van der Waals surface area contributed by atoms with Crippen LogP contribution in [-0.2, 0) is 11.2 Å². The van der Waals surface area contributed by atoms with Crippen molar-refractivity contribution >= 4 is 5.91 Å². The molecule has 1 aromatic carbocycles. The first-order chi connectivity index (χ1) is 10.3. The molecule has 0 saturated carbocycles. The van der Waals surface area contributed by atoms with Gasteiger partial charge in [0, 0.05) is 31.4 Å². The molecule has 2 aromatic rings. The Morgan fingerprint density at radius 3 is 2.57 bits per heavy atom. The van der Waals surface area contributed by atoms with E-state index >= 15 is 0 Å². The normalized spacial score (nSPS) is 11.9. The van der Waals surface area contributed by atoms with Crippen LogP contribution in [0.2, 0.25) is 0 Å². The Bertz CT molecular complexity index is 542. The van der Waals surface area contributed by atoms with Gasteiger partial charge in [-0.2, -0.15) is 0 Å². The predicted molar refractivity (Wildman–Crippen MR) is 83.6 cm³/mol. The molecule has 0 aliphatic rings. The highest BCUT2D eigenvalue weighted by atomic mass is 16.1. The minimum atomic E-state index is -0.0355. The summed E-state index contributed by atoms with van der Waals surface area (Å²) in [5.74, 6) is 0.0621. The van der Waals surface area contributed by atoms with Gasteiger partial charge in [-0.1, -0.05) is 30.3 Å². The average molecular weight is 283 g/mol. The minimum Gasteiger partial charge on any atom is -0.356 e. The molecule has 1 heterocycles. The number of carbonyl (C=O) groups is 1. The zero-order valence-corrected chi connectivity index (χ0v) is 12.0. The molecule has 4 nitrogen and oxygen atoms in total. The molecule has 0 aliphatic carbocycles. The highest BCUT2D eigenvalue weighted by Crippen LogP contribution is 2.12. The lowest BCUT2D eigenvalue weighted by Gasteiger charge is -2.12. The van der Waals surface area contributed by atoms with E-state index in [9.17, 15) is 4.79 Å². The van der Waals surface area contributed by atoms with Crippen LogP contribution >= 0.6 is 0 Å². The van der Waals surface area contributed by atoms with Gasteiger partial charge in [-0.05, 0) is 36.1 Å². The highest BCUT2D eigenvalue weighted by Gasteiger charge is 2.06. The van der Waals surface area contributed by atoms with Crippen molar-refractivity contribution in [2.75, 3.05) is 6.54 Å². The number of carbonyl (C=O) groups excluding carboxylic acids is 1. The van der Waals surface area contributed by atoms with Crippen molar-refractivity contribution in [3.8, 4) is 0 Å². The Hall–Kier alpha value is -2.20. The van der Waals surface area contributed by atoms with Crippen LogP contribution < -0.4 is 11.1 Å². The van der Waals surface area contributed by atoms with Crippen LogP contribution in [-0.4, -0.2) is 17.4 Å². The van der Waals surface area contributed by atoms with Gasteiger partial charge >= 0.3 is 0 Å². The summed E-state index contributed by atoms with van der Waals surface area (Å²) in [5.41, 5.74) is 8.31. The molecule has 2 rings (SSSR count). The quantitative estimate of drug-likeness (QED) is 0.818. The van der Waals surface area contributed by atoms with Crippen molar-refractivity contribution in [2.45, 2.75) is 25.3 Å². The molecular weight excluding hydrogens is 262 g/mol. The van der Waals surface area contributed by atoms with Crippen LogP contribution in [0.5, 0.6) is 0 Å². The number of nitrogens with zero attached hydrogens (tertiary/aromatic N) is 1. The molecule has 110 valence electrons. The molecule has 1 amide bonds. The summed E-state index contributed by atoms with van der Waals surface area (Å²) >= 11 is 0. The molecule has 1 atom stereocenters. The lowest BCUT2D eigenvalue weighted by Crippen LogP contribution is -2.27. The fourth-order valence-corrected chi connectivity index (χ4v) is 2.13. The molecule has 1 unspecified atom stereocenters. The molecule has 0 fully saturated rings. The van der Waals surface area contributed by atoms with Gasteiger partial charge < -0.3 is 11.1 Å². The molecule has 0 spiro atoms. The monoisotopic (exact) mass is 283 g/mol. The zero-order chi connectivity index (χ0) is 14.9. The van der Waals surface area contributed by atoms with Gasteiger partial charge in [0.2, 0.25) is 5.91 Å². The Morgan fingerprint density at radius 1 is 1.14 bits per heavy atom. The number of amides is 1. The Labute approximate surface area is 125 Å². The van der Waals surface area contributed by atoms with Crippen LogP contribution in [0.25, 0.3) is 0 Å². The van der Waals surface area contributed by atoms with Gasteiger partial charge in [-0.25, -0.2) is 0 Å². The number of benzene rings is 1. The summed E-state index contributed by atoms with van der Waals surface area (Å²) in [7, 11) is 0. The van der Waals surface area contributed by atoms with Gasteiger partial charge in [0.25, 0.3) is 0 Å². The Morgan fingerprint density at radius 2 is 1.86 bits per heavy atom. The number of hydrogen-bond acceptors (Lipinski definition) is 3. The summed E-state index contributed by atoms with van der Waals surface area (Å²) in [4.78, 5) is 15.7. The summed E-state index contributed by atoms with van der Waals surface area (Å²) in [5, 5.41) is 2.92. The van der Waals surface area contributed by atoms with Crippen molar-refractivity contribution in [1.29, 1.82) is 0 Å². The van der Waals surface area contributed by atoms with Crippen molar-refractivity contribution in [2.24, 2.45) is 5.73 Å². The van der Waals surface area contributed by atoms with E-state index in [1.165, 1.54) is 0 Å². The number of nitrogens with one attached hydrogen (secondary N) is 1. The smallest absolute Gasteiger partial charge is 0.220 e. The van der Waals surface area contributed by atoms with E-state index in [0.717, 1.165) is 24.0 Å². The number of nitrogens with two attached hydrogens (primary N) is 1. The topological polar surface area (TPSA) is 68.0 Å². The maximum atomic E-state index is 11.8. The summed E-state index contributed by atoms with van der Waals surface area (Å²) in [6, 6.07) is 13.8. The Balaban J connectivity index is 1.65. The van der Waals surface area contributed by atoms with Crippen LogP contribution in [0.4, 0.5) is 0 Å². The third kappa shape index (κ3) is 5.36. The van der Waals surface area contributed by atoms with Crippen LogP contribution in [0.1, 0.15) is 30.0 Å². The van der Waals surface area contributed by atoms with E-state index in [1.807, 2.05) is 42.5 Å². The fraction of sp³-hybridized carbons (Fsp3) is 0.294. The van der Waals surface area contributed by atoms with E-state index in [1.54, 1.807) is 12.4 Å². The summed E-state index contributed by atoms with van der Waals surface area (Å²) in [6.07, 6.45) is 5.45. The number of pyridine rings is 1. The molecule has 4 heteroatoms. The van der Waals surface area contributed by atoms with Crippen molar-refractivity contribution < 1.29 is 4.79 Å². The van der Waals surface area contributed by atoms with Crippen molar-refractivity contribution in [3.63, 3.8) is 0 Å². The summed E-state index contributed by atoms with van der Waals surface area (Å²) in [6.45, 7) is 0.602. The highest BCUT2D eigenvalue weighted by molar-refractivity contribution is 5.76. The SMILES string of the molecule is NC(CCNC(=O)CCc1ccncc1)c1ccccc1. The average Bonchev–Trinajstić information content (AvgIpc) is 2.54. The predicted octanol–water partition coefficient (Wildman–Crippen LogP) is 2.22. The number of aromatic nitrogens is 1. The molecule has 0 radical (unpaired) electrons. The maximum absolute atomic E-state index is 11.8. The van der Waals surface area contributed by atoms with E-state index in [-0.39, 0.29) is 11.9 Å². The Kier molecular flexibility index (Phi) is 5.91. The summed E-state index contributed by atoms with van der Waals surface area (Å²) < 4.78 is 0. The molecule has 3 N–H and O–H groups in total. The van der Waals surface area contributed by atoms with Gasteiger partial charge in [-0.15, -0.1) is 0 Å². The minimum absolute atomic E-state index is 0.0355. The van der Waals surface area contributed by atoms with E-state index in [2.05, 4.69) is 10.3 Å². The van der Waals surface area contributed by atoms with Crippen molar-refractivity contribution in [3.05, 3.63) is 66.0 Å². The largest absolute Gasteiger partial charge is 0.356 e. The molecule has 0 aliphatic heterocycles. The number of aryl methyl sites for hydroxylation is 1. The van der Waals surface area contributed by atoms with Crippen LogP contribution in [0.15, 0.2) is 54.9 Å². The van der Waals surface area contributed by atoms with Crippen molar-refractivity contribution in [1.82, 2.24) is 10.3 Å². The molecule has 0 saturated heterocycles. The van der Waals surface area contributed by atoms with Gasteiger partial charge in [0.1, 0.15) is 0 Å². The van der Waals surface area contributed by atoms with Gasteiger partial charge in [-0.3, -0.25) is 9.78 Å². The zero-order valence-electron chi connectivity index (χ0n) is 12.0. The standard InChI is InChI=1S/C17H21N3O/c18-16(15-4-2-1-3-5-15)10-13-20-17(21)7-6-14-8-11-19-12-9-14/h1-5,8-9,11-12,16H,6-7,10,13,18H2,(H,20,21). The number of hydrogen-bond donors (Lipinski definition) is 2. The molecular formula is C17H21N3O. The first kappa shape index (κ1) is 15.2. The van der Waals surface area contributed by atoms with E-state index < -0.39 is 0 Å². The molecule has 1 aromatic heterocycles. The van der Waals surface area contributed by atoms with E-state index in [0.29, 0.717) is 13.0 Å². The second-order valence-electron chi connectivity index (χ2n) is 5.01. The third-order valence-electron chi connectivity index (χ3n) is 3.40. The molecule has 0 bridgehead atoms. The third-order valence-corrected chi connectivity index (χ3v) is 3.40. The fourth-order valence-electron chi connectivity index (χ4n) is 2.13. The number of rotatable bonds is 7. The molecule has 21 heavy (non-hydrogen) atoms. The second-order valence-corrected chi connectivity index (χ2v) is 5.01. The van der Waals surface area contributed by atoms with Crippen LogP contribution in [0.3, 0.4) is 0 Å². The van der Waals surface area contributed by atoms with Crippen LogP contribution in [0, 0.1) is 0 Å². The van der Waals surface area contributed by atoms with Gasteiger partial charge in [0.15, 0.2) is 0 Å². The lowest BCUT2D eigenvalue weighted by atomic mass is 10.1.